The van der Waals surface area contributed by atoms with Crippen LogP contribution < -0.4 is 11.1 Å². The van der Waals surface area contributed by atoms with Gasteiger partial charge >= 0.3 is 0 Å². The van der Waals surface area contributed by atoms with Crippen molar-refractivity contribution in [3.63, 3.8) is 0 Å². The topological polar surface area (TPSA) is 55.1 Å². The number of hydrogen-bond donors (Lipinski definition) is 2. The molecule has 3 N–H and O–H groups in total. The molecule has 2 aromatic rings. The van der Waals surface area contributed by atoms with Gasteiger partial charge in [0, 0.05) is 15.6 Å². The molecule has 0 bridgehead atoms. The van der Waals surface area contributed by atoms with Crippen LogP contribution in [0.1, 0.15) is 20.8 Å². The number of nitrogens with two attached hydrogens (primary N) is 1. The van der Waals surface area contributed by atoms with Crippen LogP contribution in [0.4, 0.5) is 5.69 Å². The number of rotatable bonds is 3. The van der Waals surface area contributed by atoms with E-state index in [1.807, 2.05) is 18.4 Å². The normalized spacial score (nSPS) is 10.3. The Hall–Kier alpha value is -1.52. The number of hydrogen-bond acceptors (Lipinski definition) is 3. The molecular formula is C13H13ClN2OS. The summed E-state index contributed by atoms with van der Waals surface area (Å²) in [5.41, 5.74) is 7.78. The molecule has 0 aliphatic heterocycles. The van der Waals surface area contributed by atoms with E-state index >= 15 is 0 Å². The minimum atomic E-state index is -0.206. The van der Waals surface area contributed by atoms with Gasteiger partial charge in [-0.3, -0.25) is 4.79 Å². The van der Waals surface area contributed by atoms with Crippen molar-refractivity contribution in [1.29, 1.82) is 0 Å². The van der Waals surface area contributed by atoms with E-state index < -0.39 is 0 Å². The van der Waals surface area contributed by atoms with Crippen LogP contribution in [0.25, 0.3) is 0 Å². The first-order chi connectivity index (χ1) is 8.58. The van der Waals surface area contributed by atoms with Crippen LogP contribution in [-0.4, -0.2) is 5.91 Å². The SMILES string of the molecule is Cc1ccsc1CNC(=O)c1cc(Cl)ccc1N. The molecule has 0 radical (unpaired) electrons. The highest BCUT2D eigenvalue weighted by Crippen LogP contribution is 2.19. The van der Waals surface area contributed by atoms with Gasteiger partial charge in [0.15, 0.2) is 0 Å². The molecule has 1 amide bonds. The molecule has 18 heavy (non-hydrogen) atoms. The first-order valence-electron chi connectivity index (χ1n) is 5.44. The van der Waals surface area contributed by atoms with Crippen molar-refractivity contribution in [1.82, 2.24) is 5.32 Å². The minimum Gasteiger partial charge on any atom is -0.398 e. The van der Waals surface area contributed by atoms with Crippen molar-refractivity contribution in [2.45, 2.75) is 13.5 Å². The van der Waals surface area contributed by atoms with Crippen LogP contribution in [-0.2, 0) is 6.54 Å². The highest BCUT2D eigenvalue weighted by Gasteiger charge is 2.10. The van der Waals surface area contributed by atoms with Crippen LogP contribution >= 0.6 is 22.9 Å². The fourth-order valence-corrected chi connectivity index (χ4v) is 2.58. The number of nitrogens with one attached hydrogen (secondary N) is 1. The maximum atomic E-state index is 12.0. The first kappa shape index (κ1) is 12.9. The molecule has 3 nitrogen and oxygen atoms in total. The average molecular weight is 281 g/mol. The fraction of sp³-hybridized carbons (Fsp3) is 0.154. The van der Waals surface area contributed by atoms with Crippen LogP contribution in [0.5, 0.6) is 0 Å². The van der Waals surface area contributed by atoms with Gasteiger partial charge in [0.25, 0.3) is 5.91 Å². The predicted molar refractivity (Wildman–Crippen MR) is 76.1 cm³/mol. The third-order valence-electron chi connectivity index (χ3n) is 2.64. The zero-order valence-corrected chi connectivity index (χ0v) is 11.4. The summed E-state index contributed by atoms with van der Waals surface area (Å²) in [7, 11) is 0. The standard InChI is InChI=1S/C13H13ClN2OS/c1-8-4-5-18-12(8)7-16-13(17)10-6-9(14)2-3-11(10)15/h2-6H,7,15H2,1H3,(H,16,17). The first-order valence-corrected chi connectivity index (χ1v) is 6.70. The second kappa shape index (κ2) is 5.42. The Morgan fingerprint density at radius 2 is 2.22 bits per heavy atom. The van der Waals surface area contributed by atoms with Gasteiger partial charge in [0.05, 0.1) is 12.1 Å². The van der Waals surface area contributed by atoms with E-state index in [-0.39, 0.29) is 5.91 Å². The highest BCUT2D eigenvalue weighted by molar-refractivity contribution is 7.10. The van der Waals surface area contributed by atoms with E-state index in [9.17, 15) is 4.79 Å². The Balaban J connectivity index is 2.08. The molecule has 1 heterocycles. The van der Waals surface area contributed by atoms with Crippen LogP contribution in [0.3, 0.4) is 0 Å². The molecule has 94 valence electrons. The van der Waals surface area contributed by atoms with Crippen LogP contribution in [0.2, 0.25) is 5.02 Å². The van der Waals surface area contributed by atoms with Gasteiger partial charge < -0.3 is 11.1 Å². The summed E-state index contributed by atoms with van der Waals surface area (Å²) >= 11 is 7.47. The van der Waals surface area contributed by atoms with E-state index in [4.69, 9.17) is 17.3 Å². The molecule has 5 heteroatoms. The summed E-state index contributed by atoms with van der Waals surface area (Å²) in [6, 6.07) is 6.90. The van der Waals surface area contributed by atoms with Gasteiger partial charge in [-0.25, -0.2) is 0 Å². The van der Waals surface area contributed by atoms with Crippen LogP contribution in [0, 0.1) is 6.92 Å². The lowest BCUT2D eigenvalue weighted by Crippen LogP contribution is -2.23. The monoisotopic (exact) mass is 280 g/mol. The van der Waals surface area contributed by atoms with E-state index in [0.717, 1.165) is 4.88 Å². The number of amides is 1. The largest absolute Gasteiger partial charge is 0.398 e. The Bertz CT molecular complexity index is 580. The van der Waals surface area contributed by atoms with Gasteiger partial charge in [-0.05, 0) is 42.1 Å². The molecular weight excluding hydrogens is 268 g/mol. The summed E-state index contributed by atoms with van der Waals surface area (Å²) < 4.78 is 0. The summed E-state index contributed by atoms with van der Waals surface area (Å²) in [6.45, 7) is 2.53. The molecule has 0 unspecified atom stereocenters. The number of benzene rings is 1. The second-order valence-corrected chi connectivity index (χ2v) is 5.38. The number of carbonyl (C=O) groups is 1. The molecule has 0 atom stereocenters. The molecule has 0 fully saturated rings. The van der Waals surface area contributed by atoms with E-state index in [1.165, 1.54) is 5.56 Å². The van der Waals surface area contributed by atoms with Crippen molar-refractivity contribution in [3.8, 4) is 0 Å². The molecule has 0 spiro atoms. The maximum Gasteiger partial charge on any atom is 0.253 e. The zero-order chi connectivity index (χ0) is 13.1. The quantitative estimate of drug-likeness (QED) is 0.848. The Morgan fingerprint density at radius 3 is 2.89 bits per heavy atom. The Morgan fingerprint density at radius 1 is 1.44 bits per heavy atom. The molecule has 0 aliphatic rings. The highest BCUT2D eigenvalue weighted by atomic mass is 35.5. The number of nitrogen functional groups attached to an aromatic ring is 1. The van der Waals surface area contributed by atoms with E-state index in [1.54, 1.807) is 29.5 Å². The van der Waals surface area contributed by atoms with Crippen molar-refractivity contribution in [2.75, 3.05) is 5.73 Å². The molecule has 0 saturated carbocycles. The van der Waals surface area contributed by atoms with Gasteiger partial charge in [-0.15, -0.1) is 11.3 Å². The lowest BCUT2D eigenvalue weighted by atomic mass is 10.1. The third kappa shape index (κ3) is 2.83. The Labute approximate surface area is 115 Å². The summed E-state index contributed by atoms with van der Waals surface area (Å²) in [5, 5.41) is 5.35. The Kier molecular flexibility index (Phi) is 3.89. The van der Waals surface area contributed by atoms with E-state index in [0.29, 0.717) is 22.8 Å². The second-order valence-electron chi connectivity index (χ2n) is 3.94. The number of carbonyl (C=O) groups excluding carboxylic acids is 1. The zero-order valence-electron chi connectivity index (χ0n) is 9.87. The molecule has 1 aromatic heterocycles. The molecule has 0 aliphatic carbocycles. The lowest BCUT2D eigenvalue weighted by molar-refractivity contribution is 0.0952. The predicted octanol–water partition coefficient (Wildman–Crippen LogP) is 3.22. The minimum absolute atomic E-state index is 0.206. The lowest BCUT2D eigenvalue weighted by Gasteiger charge is -2.07. The van der Waals surface area contributed by atoms with Crippen molar-refractivity contribution >= 4 is 34.5 Å². The third-order valence-corrected chi connectivity index (χ3v) is 3.90. The van der Waals surface area contributed by atoms with Gasteiger partial charge in [-0.1, -0.05) is 11.6 Å². The van der Waals surface area contributed by atoms with Crippen LogP contribution in [0.15, 0.2) is 29.6 Å². The molecule has 0 saturated heterocycles. The smallest absolute Gasteiger partial charge is 0.253 e. The number of halogens is 1. The summed E-state index contributed by atoms with van der Waals surface area (Å²) in [5.74, 6) is -0.206. The summed E-state index contributed by atoms with van der Waals surface area (Å²) in [6.07, 6.45) is 0. The van der Waals surface area contributed by atoms with E-state index in [2.05, 4.69) is 5.32 Å². The molecule has 1 aromatic carbocycles. The average Bonchev–Trinajstić information content (AvgIpc) is 2.75. The van der Waals surface area contributed by atoms with Gasteiger partial charge in [-0.2, -0.15) is 0 Å². The maximum absolute atomic E-state index is 12.0. The number of anilines is 1. The number of thiophene rings is 1. The number of aryl methyl sites for hydroxylation is 1. The van der Waals surface area contributed by atoms with Gasteiger partial charge in [0.1, 0.15) is 0 Å². The fourth-order valence-electron chi connectivity index (χ4n) is 1.57. The van der Waals surface area contributed by atoms with Crippen molar-refractivity contribution in [3.05, 3.63) is 50.7 Å². The van der Waals surface area contributed by atoms with Crippen molar-refractivity contribution in [2.24, 2.45) is 0 Å². The molecule has 2 rings (SSSR count). The van der Waals surface area contributed by atoms with Crippen molar-refractivity contribution < 1.29 is 4.79 Å². The summed E-state index contributed by atoms with van der Waals surface area (Å²) in [4.78, 5) is 13.1. The van der Waals surface area contributed by atoms with Gasteiger partial charge in [0.2, 0.25) is 0 Å².